The summed E-state index contributed by atoms with van der Waals surface area (Å²) in [6, 6.07) is 3.78. The van der Waals surface area contributed by atoms with E-state index in [9.17, 15) is 14.5 Å². The van der Waals surface area contributed by atoms with Crippen LogP contribution in [-0.4, -0.2) is 16.1 Å². The molecule has 0 saturated heterocycles. The van der Waals surface area contributed by atoms with Gasteiger partial charge in [-0.2, -0.15) is 4.39 Å². The predicted octanol–water partition coefficient (Wildman–Crippen LogP) is 2.05. The van der Waals surface area contributed by atoms with Crippen LogP contribution in [-0.2, 0) is 6.42 Å². The molecule has 0 fully saturated rings. The third-order valence-electron chi connectivity index (χ3n) is 2.06. The van der Waals surface area contributed by atoms with Crippen LogP contribution in [0.15, 0.2) is 18.2 Å². The summed E-state index contributed by atoms with van der Waals surface area (Å²) in [5, 5.41) is 19.5. The van der Waals surface area contributed by atoms with Gasteiger partial charge in [0.2, 0.25) is 5.82 Å². The van der Waals surface area contributed by atoms with Crippen molar-refractivity contribution in [1.82, 2.24) is 0 Å². The monoisotopic (exact) mass is 213 g/mol. The minimum Gasteiger partial charge on any atom is -0.393 e. The zero-order chi connectivity index (χ0) is 11.4. The first-order chi connectivity index (χ1) is 7.00. The molecule has 0 aliphatic heterocycles. The highest BCUT2D eigenvalue weighted by atomic mass is 19.1. The molecule has 82 valence electrons. The minimum atomic E-state index is -0.833. The summed E-state index contributed by atoms with van der Waals surface area (Å²) in [7, 11) is 0. The molecule has 0 aliphatic rings. The minimum absolute atomic E-state index is 0.464. The molecule has 1 aromatic rings. The van der Waals surface area contributed by atoms with Crippen molar-refractivity contribution in [1.29, 1.82) is 0 Å². The number of rotatable bonds is 4. The van der Waals surface area contributed by atoms with E-state index in [4.69, 9.17) is 5.11 Å². The van der Waals surface area contributed by atoms with E-state index < -0.39 is 22.5 Å². The summed E-state index contributed by atoms with van der Waals surface area (Å²) in [5.41, 5.74) is 0.141. The van der Waals surface area contributed by atoms with E-state index in [0.29, 0.717) is 18.4 Å². The summed E-state index contributed by atoms with van der Waals surface area (Å²) in [5.74, 6) is -0.833. The van der Waals surface area contributed by atoms with Gasteiger partial charge in [0, 0.05) is 6.07 Å². The van der Waals surface area contributed by atoms with Gasteiger partial charge in [0.05, 0.1) is 11.0 Å². The van der Waals surface area contributed by atoms with Crippen molar-refractivity contribution in [2.45, 2.75) is 25.9 Å². The van der Waals surface area contributed by atoms with Crippen LogP contribution >= 0.6 is 0 Å². The first-order valence-corrected chi connectivity index (χ1v) is 4.61. The van der Waals surface area contributed by atoms with Crippen molar-refractivity contribution in [3.8, 4) is 0 Å². The molecule has 0 spiro atoms. The van der Waals surface area contributed by atoms with Gasteiger partial charge in [-0.15, -0.1) is 0 Å². The normalized spacial score (nSPS) is 12.5. The highest BCUT2D eigenvalue weighted by molar-refractivity contribution is 5.36. The molecule has 1 N–H and O–H groups in total. The molecule has 1 unspecified atom stereocenters. The Morgan fingerprint density at radius 3 is 2.80 bits per heavy atom. The number of aryl methyl sites for hydroxylation is 1. The van der Waals surface area contributed by atoms with Gasteiger partial charge in [-0.1, -0.05) is 6.07 Å². The zero-order valence-corrected chi connectivity index (χ0v) is 8.31. The topological polar surface area (TPSA) is 63.4 Å². The largest absolute Gasteiger partial charge is 0.393 e. The maximum atomic E-state index is 12.9. The van der Waals surface area contributed by atoms with Crippen LogP contribution in [0.3, 0.4) is 0 Å². The number of benzene rings is 1. The second kappa shape index (κ2) is 4.84. The first-order valence-electron chi connectivity index (χ1n) is 4.61. The van der Waals surface area contributed by atoms with Crippen LogP contribution in [0.5, 0.6) is 0 Å². The Kier molecular flexibility index (Phi) is 3.74. The molecule has 15 heavy (non-hydrogen) atoms. The molecule has 0 saturated carbocycles. The smallest absolute Gasteiger partial charge is 0.305 e. The number of aliphatic hydroxyl groups excluding tert-OH is 1. The Hall–Kier alpha value is -1.49. The zero-order valence-electron chi connectivity index (χ0n) is 8.31. The fourth-order valence-corrected chi connectivity index (χ4v) is 1.23. The van der Waals surface area contributed by atoms with Crippen LogP contribution < -0.4 is 0 Å². The highest BCUT2D eigenvalue weighted by Gasteiger charge is 2.14. The maximum Gasteiger partial charge on any atom is 0.305 e. The molecule has 5 heteroatoms. The molecule has 0 amide bonds. The fraction of sp³-hybridized carbons (Fsp3) is 0.400. The van der Waals surface area contributed by atoms with Gasteiger partial charge in [-0.05, 0) is 31.4 Å². The molecule has 0 bridgehead atoms. The van der Waals surface area contributed by atoms with Crippen molar-refractivity contribution >= 4 is 5.69 Å². The van der Waals surface area contributed by atoms with Gasteiger partial charge in [0.25, 0.3) is 0 Å². The molecule has 0 aliphatic carbocycles. The summed E-state index contributed by atoms with van der Waals surface area (Å²) in [6.45, 7) is 1.64. The van der Waals surface area contributed by atoms with Crippen LogP contribution in [0.1, 0.15) is 18.9 Å². The van der Waals surface area contributed by atoms with Gasteiger partial charge >= 0.3 is 5.69 Å². The highest BCUT2D eigenvalue weighted by Crippen LogP contribution is 2.19. The van der Waals surface area contributed by atoms with Crippen LogP contribution in [0.4, 0.5) is 10.1 Å². The number of nitrogens with zero attached hydrogens (tertiary/aromatic N) is 1. The average molecular weight is 213 g/mol. The Bertz CT molecular complexity index is 366. The van der Waals surface area contributed by atoms with Gasteiger partial charge in [0.15, 0.2) is 0 Å². The first kappa shape index (κ1) is 11.6. The Labute approximate surface area is 86.5 Å². The lowest BCUT2D eigenvalue weighted by Gasteiger charge is -2.04. The molecular weight excluding hydrogens is 201 g/mol. The van der Waals surface area contributed by atoms with E-state index in [1.807, 2.05) is 0 Å². The number of nitro groups is 1. The summed E-state index contributed by atoms with van der Waals surface area (Å²) < 4.78 is 12.9. The standard InChI is InChI=1S/C10H12FNO3/c1-7(13)2-3-8-4-5-9(11)10(6-8)12(14)15/h4-7,13H,2-3H2,1H3. The van der Waals surface area contributed by atoms with Crippen molar-refractivity contribution in [3.63, 3.8) is 0 Å². The molecule has 0 aromatic heterocycles. The number of halogens is 1. The van der Waals surface area contributed by atoms with Gasteiger partial charge in [-0.25, -0.2) is 0 Å². The lowest BCUT2D eigenvalue weighted by Crippen LogP contribution is -2.02. The van der Waals surface area contributed by atoms with Crippen molar-refractivity contribution in [2.24, 2.45) is 0 Å². The lowest BCUT2D eigenvalue weighted by atomic mass is 10.1. The van der Waals surface area contributed by atoms with Crippen LogP contribution in [0.25, 0.3) is 0 Å². The van der Waals surface area contributed by atoms with E-state index in [1.165, 1.54) is 12.1 Å². The van der Waals surface area contributed by atoms with E-state index in [2.05, 4.69) is 0 Å². The summed E-state index contributed by atoms with van der Waals surface area (Å²) in [4.78, 5) is 9.68. The quantitative estimate of drug-likeness (QED) is 0.615. The van der Waals surface area contributed by atoms with Gasteiger partial charge in [0.1, 0.15) is 0 Å². The third-order valence-corrected chi connectivity index (χ3v) is 2.06. The van der Waals surface area contributed by atoms with E-state index in [-0.39, 0.29) is 0 Å². The second-order valence-electron chi connectivity index (χ2n) is 3.43. The molecule has 0 heterocycles. The molecule has 1 rings (SSSR count). The number of aliphatic hydroxyl groups is 1. The fourth-order valence-electron chi connectivity index (χ4n) is 1.23. The third kappa shape index (κ3) is 3.28. The SMILES string of the molecule is CC(O)CCc1ccc(F)c([N+](=O)[O-])c1. The number of hydrogen-bond acceptors (Lipinski definition) is 3. The molecule has 4 nitrogen and oxygen atoms in total. The van der Waals surface area contributed by atoms with Crippen molar-refractivity contribution in [3.05, 3.63) is 39.7 Å². The Morgan fingerprint density at radius 1 is 1.60 bits per heavy atom. The molecule has 0 radical (unpaired) electrons. The second-order valence-corrected chi connectivity index (χ2v) is 3.43. The van der Waals surface area contributed by atoms with Crippen molar-refractivity contribution < 1.29 is 14.4 Å². The molecule has 1 aromatic carbocycles. The summed E-state index contributed by atoms with van der Waals surface area (Å²) >= 11 is 0. The predicted molar refractivity (Wildman–Crippen MR) is 53.1 cm³/mol. The van der Waals surface area contributed by atoms with Gasteiger partial charge < -0.3 is 5.11 Å². The van der Waals surface area contributed by atoms with E-state index in [0.717, 1.165) is 6.07 Å². The average Bonchev–Trinajstić information content (AvgIpc) is 2.16. The van der Waals surface area contributed by atoms with E-state index >= 15 is 0 Å². The number of nitro benzene ring substituents is 1. The summed E-state index contributed by atoms with van der Waals surface area (Å²) in [6.07, 6.45) is 0.538. The van der Waals surface area contributed by atoms with Gasteiger partial charge in [-0.3, -0.25) is 10.1 Å². The molecular formula is C10H12FNO3. The number of hydrogen-bond donors (Lipinski definition) is 1. The van der Waals surface area contributed by atoms with E-state index in [1.54, 1.807) is 6.92 Å². The Morgan fingerprint density at radius 2 is 2.27 bits per heavy atom. The molecule has 1 atom stereocenters. The van der Waals surface area contributed by atoms with Crippen LogP contribution in [0, 0.1) is 15.9 Å². The lowest BCUT2D eigenvalue weighted by molar-refractivity contribution is -0.387. The van der Waals surface area contributed by atoms with Crippen LogP contribution in [0.2, 0.25) is 0 Å². The Balaban J connectivity index is 2.83. The maximum absolute atomic E-state index is 12.9. The van der Waals surface area contributed by atoms with Crippen molar-refractivity contribution in [2.75, 3.05) is 0 Å².